The van der Waals surface area contributed by atoms with E-state index in [9.17, 15) is 19.1 Å². The van der Waals surface area contributed by atoms with Crippen molar-refractivity contribution in [3.8, 4) is 11.6 Å². The molecule has 3 N–H and O–H groups in total. The first-order chi connectivity index (χ1) is 23.3. The number of ether oxygens (including phenoxy) is 1. The van der Waals surface area contributed by atoms with E-state index in [-0.39, 0.29) is 24.1 Å². The summed E-state index contributed by atoms with van der Waals surface area (Å²) in [7, 11) is 0. The van der Waals surface area contributed by atoms with E-state index in [1.54, 1.807) is 0 Å². The monoisotopic (exact) mass is 677 g/mol. The van der Waals surface area contributed by atoms with E-state index in [0.29, 0.717) is 31.9 Å². The highest BCUT2D eigenvalue weighted by atomic mass is 19.3. The van der Waals surface area contributed by atoms with Crippen LogP contribution in [-0.2, 0) is 17.9 Å². The summed E-state index contributed by atoms with van der Waals surface area (Å²) in [5.74, 6) is -4.90. The molecule has 2 aromatic heterocycles. The van der Waals surface area contributed by atoms with Crippen molar-refractivity contribution >= 4 is 11.6 Å². The first-order valence-corrected chi connectivity index (χ1v) is 16.1. The van der Waals surface area contributed by atoms with Gasteiger partial charge in [-0.3, -0.25) is 19.1 Å². The number of nitrogens with two attached hydrogens (primary N) is 1. The van der Waals surface area contributed by atoms with Gasteiger partial charge in [0.15, 0.2) is 5.69 Å². The Kier molecular flexibility index (Phi) is 9.45. The molecule has 0 unspecified atom stereocenters. The summed E-state index contributed by atoms with van der Waals surface area (Å²) in [6.07, 6.45) is 0.928. The zero-order chi connectivity index (χ0) is 34.9. The summed E-state index contributed by atoms with van der Waals surface area (Å²) in [5, 5.41) is 11.3. The van der Waals surface area contributed by atoms with Crippen molar-refractivity contribution in [3.63, 3.8) is 0 Å². The number of likely N-dealkylation sites (tertiary alicyclic amines) is 2. The van der Waals surface area contributed by atoms with Crippen LogP contribution >= 0.6 is 0 Å². The molecule has 1 amide bonds. The number of hydrogen-bond acceptors (Lipinski definition) is 9. The molecule has 0 saturated carbocycles. The number of aryl methyl sites for hydroxylation is 2. The first-order valence-electron chi connectivity index (χ1n) is 16.1. The Balaban J connectivity index is 1.16. The average Bonchev–Trinajstić information content (AvgIpc) is 3.06. The molecule has 3 atom stereocenters. The number of piperidine rings is 2. The fourth-order valence-corrected chi connectivity index (χ4v) is 6.73. The molecule has 4 aromatic rings. The van der Waals surface area contributed by atoms with Gasteiger partial charge in [0.2, 0.25) is 11.8 Å². The van der Waals surface area contributed by atoms with E-state index in [0.717, 1.165) is 44.9 Å². The maximum absolute atomic E-state index is 15.8. The summed E-state index contributed by atoms with van der Waals surface area (Å²) >= 11 is 0. The minimum absolute atomic E-state index is 0.132. The van der Waals surface area contributed by atoms with Gasteiger partial charge in [-0.25, -0.2) is 28.1 Å². The van der Waals surface area contributed by atoms with Crippen molar-refractivity contribution in [3.05, 3.63) is 106 Å². The summed E-state index contributed by atoms with van der Waals surface area (Å²) in [5.41, 5.74) is 4.58. The van der Waals surface area contributed by atoms with Crippen molar-refractivity contribution in [2.24, 2.45) is 5.92 Å². The van der Waals surface area contributed by atoms with Gasteiger partial charge >= 0.3 is 0 Å². The molecule has 2 aliphatic heterocycles. The summed E-state index contributed by atoms with van der Waals surface area (Å²) < 4.78 is 51.2. The number of aliphatic hydroxyl groups is 1. The van der Waals surface area contributed by atoms with Crippen LogP contribution in [0.1, 0.15) is 41.5 Å². The van der Waals surface area contributed by atoms with Crippen molar-refractivity contribution in [1.29, 1.82) is 0 Å². The minimum Gasteiger partial charge on any atom is -0.437 e. The van der Waals surface area contributed by atoms with Crippen LogP contribution in [0.15, 0.2) is 71.8 Å². The highest BCUT2D eigenvalue weighted by Crippen LogP contribution is 2.41. The fourth-order valence-electron chi connectivity index (χ4n) is 6.73. The molecule has 49 heavy (non-hydrogen) atoms. The highest BCUT2D eigenvalue weighted by molar-refractivity contribution is 5.80. The van der Waals surface area contributed by atoms with E-state index < -0.39 is 59.9 Å². The van der Waals surface area contributed by atoms with Gasteiger partial charge < -0.3 is 20.5 Å². The number of nitrogens with zero attached hydrogens (tertiary/aromatic N) is 6. The van der Waals surface area contributed by atoms with Crippen LogP contribution in [0.5, 0.6) is 11.6 Å². The van der Waals surface area contributed by atoms with Gasteiger partial charge in [-0.1, -0.05) is 30.3 Å². The first kappa shape index (κ1) is 34.1. The van der Waals surface area contributed by atoms with Gasteiger partial charge in [-0.05, 0) is 62.7 Å². The Morgan fingerprint density at radius 2 is 1.76 bits per heavy atom. The molecule has 2 aromatic carbocycles. The molecule has 6 rings (SSSR count). The standard InChI is InChI=1S/C35H38F3N7O4/c1-22-16-23(2)42-29(41-22)18-43-14-12-27(28(17-43)24-6-4-3-5-7-24)32(46)44-15-13-34(48,35(37,38)20-44)19-45-21-40-31(30(39)33(45)47)49-26-10-8-25(36)9-11-26/h3-11,16,21,27-28,48H,12-15,17-20,39H2,1-2H3/t27-,28+,34+/m1/s1. The second kappa shape index (κ2) is 13.6. The minimum atomic E-state index is -3.76. The Morgan fingerprint density at radius 3 is 2.43 bits per heavy atom. The number of carbonyl (C=O) groups excluding carboxylic acids is 1. The zero-order valence-electron chi connectivity index (χ0n) is 27.2. The summed E-state index contributed by atoms with van der Waals surface area (Å²) in [6.45, 7) is 3.46. The number of anilines is 1. The van der Waals surface area contributed by atoms with Gasteiger partial charge in [0.05, 0.1) is 19.6 Å². The van der Waals surface area contributed by atoms with Crippen LogP contribution in [-0.4, -0.2) is 78.0 Å². The molecular formula is C35H38F3N7O4. The molecule has 14 heteroatoms. The number of hydrogen-bond donors (Lipinski definition) is 2. The lowest BCUT2D eigenvalue weighted by Crippen LogP contribution is -2.64. The Morgan fingerprint density at radius 1 is 1.06 bits per heavy atom. The normalized spacial score (nSPS) is 22.5. The molecule has 2 aliphatic rings. The fraction of sp³-hybridized carbons (Fsp3) is 0.400. The Hall–Kier alpha value is -4.82. The number of carbonyl (C=O) groups is 1. The van der Waals surface area contributed by atoms with Crippen molar-refractivity contribution in [1.82, 2.24) is 29.3 Å². The number of benzene rings is 2. The SMILES string of the molecule is Cc1cc(C)nc(CN2CC[C@@H](C(=O)N3CC[C@](O)(Cn4cnc(Oc5ccc(F)cc5)c(N)c4=O)C(F)(F)C3)[C@H](c3ccccc3)C2)n1. The van der Waals surface area contributed by atoms with Crippen LogP contribution in [0, 0.1) is 25.6 Å². The van der Waals surface area contributed by atoms with E-state index in [4.69, 9.17) is 10.5 Å². The third kappa shape index (κ3) is 7.30. The van der Waals surface area contributed by atoms with Crippen molar-refractivity contribution in [2.45, 2.75) is 57.2 Å². The van der Waals surface area contributed by atoms with Crippen molar-refractivity contribution < 1.29 is 27.8 Å². The topological polar surface area (TPSA) is 140 Å². The van der Waals surface area contributed by atoms with Gasteiger partial charge in [0.1, 0.15) is 29.3 Å². The zero-order valence-corrected chi connectivity index (χ0v) is 27.2. The molecule has 0 radical (unpaired) electrons. The predicted octanol–water partition coefficient (Wildman–Crippen LogP) is 4.07. The van der Waals surface area contributed by atoms with Gasteiger partial charge in [0.25, 0.3) is 11.5 Å². The lowest BCUT2D eigenvalue weighted by molar-refractivity contribution is -0.223. The van der Waals surface area contributed by atoms with Crippen LogP contribution < -0.4 is 16.0 Å². The summed E-state index contributed by atoms with van der Waals surface area (Å²) in [4.78, 5) is 43.4. The van der Waals surface area contributed by atoms with Gasteiger partial charge in [0, 0.05) is 42.7 Å². The average molecular weight is 678 g/mol. The van der Waals surface area contributed by atoms with E-state index in [1.165, 1.54) is 12.1 Å². The Labute approximate surface area is 281 Å². The molecule has 258 valence electrons. The lowest BCUT2D eigenvalue weighted by atomic mass is 9.78. The molecule has 11 nitrogen and oxygen atoms in total. The number of aromatic nitrogens is 4. The molecule has 0 spiro atoms. The molecule has 0 aliphatic carbocycles. The number of halogens is 3. The van der Waals surface area contributed by atoms with Crippen LogP contribution in [0.2, 0.25) is 0 Å². The number of alkyl halides is 2. The van der Waals surface area contributed by atoms with Gasteiger partial charge in [-0.15, -0.1) is 0 Å². The van der Waals surface area contributed by atoms with Crippen LogP contribution in [0.4, 0.5) is 18.9 Å². The quantitative estimate of drug-likeness (QED) is 0.283. The van der Waals surface area contributed by atoms with E-state index >= 15 is 8.78 Å². The number of amides is 1. The Bertz CT molecular complexity index is 1860. The molecule has 2 saturated heterocycles. The van der Waals surface area contributed by atoms with E-state index in [2.05, 4.69) is 19.9 Å². The molecule has 0 bridgehead atoms. The maximum Gasteiger partial charge on any atom is 0.295 e. The largest absolute Gasteiger partial charge is 0.437 e. The van der Waals surface area contributed by atoms with E-state index in [1.807, 2.05) is 50.2 Å². The second-order valence-electron chi connectivity index (χ2n) is 12.9. The smallest absolute Gasteiger partial charge is 0.295 e. The highest BCUT2D eigenvalue weighted by Gasteiger charge is 2.57. The lowest BCUT2D eigenvalue weighted by Gasteiger charge is -2.46. The van der Waals surface area contributed by atoms with Crippen molar-refractivity contribution in [2.75, 3.05) is 31.9 Å². The number of nitrogen functional groups attached to an aromatic ring is 1. The second-order valence-corrected chi connectivity index (χ2v) is 12.9. The molecule has 2 fully saturated rings. The van der Waals surface area contributed by atoms with Crippen LogP contribution in [0.25, 0.3) is 0 Å². The molecule has 4 heterocycles. The third-order valence-corrected chi connectivity index (χ3v) is 9.31. The summed E-state index contributed by atoms with van der Waals surface area (Å²) in [6, 6.07) is 16.4. The predicted molar refractivity (Wildman–Crippen MR) is 175 cm³/mol. The van der Waals surface area contributed by atoms with Gasteiger partial charge in [-0.2, -0.15) is 0 Å². The third-order valence-electron chi connectivity index (χ3n) is 9.31. The number of rotatable bonds is 8. The maximum atomic E-state index is 15.8. The van der Waals surface area contributed by atoms with Crippen LogP contribution in [0.3, 0.4) is 0 Å². The molecular weight excluding hydrogens is 639 g/mol.